The number of carbonyl (C=O) groups is 1. The van der Waals surface area contributed by atoms with Gasteiger partial charge in [-0.1, -0.05) is 35.5 Å². The third kappa shape index (κ3) is 3.20. The molecule has 126 valence electrons. The molecule has 0 radical (unpaired) electrons. The lowest BCUT2D eigenvalue weighted by molar-refractivity contribution is -0.116. The van der Waals surface area contributed by atoms with Crippen molar-refractivity contribution in [3.05, 3.63) is 64.3 Å². The molecular weight excluding hydrogens is 340 g/mol. The summed E-state index contributed by atoms with van der Waals surface area (Å²) in [5.41, 5.74) is 2.93. The van der Waals surface area contributed by atoms with E-state index in [9.17, 15) is 9.59 Å². The van der Waals surface area contributed by atoms with Gasteiger partial charge in [0, 0.05) is 23.1 Å². The molecule has 0 bridgehead atoms. The van der Waals surface area contributed by atoms with Crippen molar-refractivity contribution in [3.63, 3.8) is 0 Å². The molecule has 1 aliphatic rings. The Morgan fingerprint density at radius 3 is 2.92 bits per heavy atom. The minimum absolute atomic E-state index is 0.135. The highest BCUT2D eigenvalue weighted by Gasteiger charge is 2.22. The molecule has 1 N–H and O–H groups in total. The monoisotopic (exact) mass is 354 g/mol. The summed E-state index contributed by atoms with van der Waals surface area (Å²) in [6, 6.07) is 10.8. The number of amides is 1. The minimum Gasteiger partial charge on any atom is -0.338 e. The standard InChI is InChI=1S/C17H14N4O3S/c22-15(19-17-12-8-25-9-14(12)20-24-17)7-21-10-18-13(6-16(21)23)11-4-2-1-3-5-11/h1-6,10H,7-9H2,(H,19,22). The number of carbonyl (C=O) groups excluding carboxylic acids is 1. The van der Waals surface area contributed by atoms with Gasteiger partial charge in [-0.05, 0) is 0 Å². The lowest BCUT2D eigenvalue weighted by Gasteiger charge is -2.07. The molecule has 1 aromatic carbocycles. The molecule has 0 unspecified atom stereocenters. The fourth-order valence-electron chi connectivity index (χ4n) is 2.58. The number of fused-ring (bicyclic) bond motifs is 1. The zero-order valence-electron chi connectivity index (χ0n) is 13.1. The molecule has 7 nitrogen and oxygen atoms in total. The fourth-order valence-corrected chi connectivity index (χ4v) is 3.61. The van der Waals surface area contributed by atoms with Crippen molar-refractivity contribution in [3.8, 4) is 11.3 Å². The number of nitrogens with zero attached hydrogens (tertiary/aromatic N) is 3. The SMILES string of the molecule is O=C(Cn1cnc(-c2ccccc2)cc1=O)Nc1onc2c1CSC2. The molecule has 4 rings (SSSR count). The molecule has 0 aliphatic carbocycles. The number of nitrogens with one attached hydrogen (secondary N) is 1. The van der Waals surface area contributed by atoms with Crippen molar-refractivity contribution in [1.29, 1.82) is 0 Å². The first kappa shape index (κ1) is 15.6. The summed E-state index contributed by atoms with van der Waals surface area (Å²) in [5, 5.41) is 6.60. The first-order chi connectivity index (χ1) is 12.2. The molecule has 0 saturated carbocycles. The van der Waals surface area contributed by atoms with Gasteiger partial charge in [-0.2, -0.15) is 11.8 Å². The zero-order valence-corrected chi connectivity index (χ0v) is 14.0. The topological polar surface area (TPSA) is 90.0 Å². The van der Waals surface area contributed by atoms with Crippen LogP contribution in [-0.2, 0) is 22.8 Å². The number of rotatable bonds is 4. The Labute approximate surface area is 147 Å². The third-order valence-corrected chi connectivity index (χ3v) is 4.84. The van der Waals surface area contributed by atoms with E-state index in [0.29, 0.717) is 11.6 Å². The summed E-state index contributed by atoms with van der Waals surface area (Å²) in [5.74, 6) is 1.57. The number of hydrogen-bond acceptors (Lipinski definition) is 6. The number of aromatic nitrogens is 3. The largest absolute Gasteiger partial charge is 0.338 e. The van der Waals surface area contributed by atoms with Crippen molar-refractivity contribution in [1.82, 2.24) is 14.7 Å². The molecule has 0 fully saturated rings. The van der Waals surface area contributed by atoms with E-state index in [-0.39, 0.29) is 18.0 Å². The second kappa shape index (κ2) is 6.56. The number of hydrogen-bond donors (Lipinski definition) is 1. The smallest absolute Gasteiger partial charge is 0.254 e. The van der Waals surface area contributed by atoms with Crippen LogP contribution in [0.15, 0.2) is 52.0 Å². The summed E-state index contributed by atoms with van der Waals surface area (Å²) >= 11 is 1.72. The van der Waals surface area contributed by atoms with Crippen LogP contribution in [0.2, 0.25) is 0 Å². The molecule has 25 heavy (non-hydrogen) atoms. The molecule has 1 aliphatic heterocycles. The van der Waals surface area contributed by atoms with Crippen LogP contribution in [-0.4, -0.2) is 20.6 Å². The Morgan fingerprint density at radius 2 is 2.12 bits per heavy atom. The molecule has 8 heteroatoms. The van der Waals surface area contributed by atoms with E-state index in [2.05, 4.69) is 15.5 Å². The minimum atomic E-state index is -0.354. The quantitative estimate of drug-likeness (QED) is 0.773. The third-order valence-electron chi connectivity index (χ3n) is 3.87. The Bertz CT molecular complexity index is 981. The van der Waals surface area contributed by atoms with E-state index in [0.717, 1.165) is 28.3 Å². The molecule has 0 spiro atoms. The van der Waals surface area contributed by atoms with Crippen LogP contribution in [0.5, 0.6) is 0 Å². The lowest BCUT2D eigenvalue weighted by Crippen LogP contribution is -2.27. The van der Waals surface area contributed by atoms with Gasteiger partial charge in [-0.15, -0.1) is 0 Å². The van der Waals surface area contributed by atoms with Crippen molar-refractivity contribution >= 4 is 23.6 Å². The molecule has 0 saturated heterocycles. The first-order valence-corrected chi connectivity index (χ1v) is 8.83. The van der Waals surface area contributed by atoms with Crippen molar-refractivity contribution in [2.75, 3.05) is 5.32 Å². The van der Waals surface area contributed by atoms with Gasteiger partial charge in [0.05, 0.1) is 23.3 Å². The molecule has 3 aromatic rings. The first-order valence-electron chi connectivity index (χ1n) is 7.67. The van der Waals surface area contributed by atoms with Crippen LogP contribution in [0.25, 0.3) is 11.3 Å². The zero-order chi connectivity index (χ0) is 17.2. The Morgan fingerprint density at radius 1 is 1.28 bits per heavy atom. The van der Waals surface area contributed by atoms with E-state index >= 15 is 0 Å². The summed E-state index contributed by atoms with van der Waals surface area (Å²) in [4.78, 5) is 28.7. The van der Waals surface area contributed by atoms with Crippen molar-refractivity contribution in [2.24, 2.45) is 0 Å². The summed E-state index contributed by atoms with van der Waals surface area (Å²) in [6.07, 6.45) is 1.38. The van der Waals surface area contributed by atoms with E-state index in [1.165, 1.54) is 17.0 Å². The van der Waals surface area contributed by atoms with Gasteiger partial charge >= 0.3 is 0 Å². The molecule has 1 amide bonds. The van der Waals surface area contributed by atoms with Crippen LogP contribution in [0.1, 0.15) is 11.3 Å². The highest BCUT2D eigenvalue weighted by molar-refractivity contribution is 7.98. The lowest BCUT2D eigenvalue weighted by atomic mass is 10.1. The van der Waals surface area contributed by atoms with Crippen LogP contribution in [0, 0.1) is 0 Å². The Hall–Kier alpha value is -2.87. The Kier molecular flexibility index (Phi) is 4.10. The fraction of sp³-hybridized carbons (Fsp3) is 0.176. The van der Waals surface area contributed by atoms with E-state index in [1.807, 2.05) is 30.3 Å². The van der Waals surface area contributed by atoms with Gasteiger partial charge in [0.1, 0.15) is 6.54 Å². The molecule has 2 aromatic heterocycles. The van der Waals surface area contributed by atoms with Crippen LogP contribution < -0.4 is 10.9 Å². The van der Waals surface area contributed by atoms with Gasteiger partial charge < -0.3 is 4.52 Å². The molecule has 3 heterocycles. The van der Waals surface area contributed by atoms with Gasteiger partial charge in [-0.25, -0.2) is 4.98 Å². The summed E-state index contributed by atoms with van der Waals surface area (Å²) < 4.78 is 6.41. The van der Waals surface area contributed by atoms with E-state index < -0.39 is 0 Å². The summed E-state index contributed by atoms with van der Waals surface area (Å²) in [7, 11) is 0. The highest BCUT2D eigenvalue weighted by atomic mass is 32.2. The Balaban J connectivity index is 1.49. The summed E-state index contributed by atoms with van der Waals surface area (Å²) in [6.45, 7) is -0.135. The maximum atomic E-state index is 12.2. The second-order valence-corrected chi connectivity index (χ2v) is 6.57. The average molecular weight is 354 g/mol. The van der Waals surface area contributed by atoms with Gasteiger partial charge in [0.2, 0.25) is 11.8 Å². The highest BCUT2D eigenvalue weighted by Crippen LogP contribution is 2.34. The second-order valence-electron chi connectivity index (χ2n) is 5.58. The average Bonchev–Trinajstić information content (AvgIpc) is 3.23. The number of thioether (sulfide) groups is 1. The van der Waals surface area contributed by atoms with Crippen molar-refractivity contribution < 1.29 is 9.32 Å². The van der Waals surface area contributed by atoms with Crippen LogP contribution in [0.3, 0.4) is 0 Å². The van der Waals surface area contributed by atoms with Gasteiger partial charge in [0.25, 0.3) is 5.56 Å². The number of benzene rings is 1. The van der Waals surface area contributed by atoms with Gasteiger partial charge in [-0.3, -0.25) is 19.5 Å². The van der Waals surface area contributed by atoms with Crippen LogP contribution in [0.4, 0.5) is 5.88 Å². The van der Waals surface area contributed by atoms with E-state index in [1.54, 1.807) is 11.8 Å². The van der Waals surface area contributed by atoms with Gasteiger partial charge in [0.15, 0.2) is 0 Å². The normalized spacial score (nSPS) is 12.8. The number of anilines is 1. The van der Waals surface area contributed by atoms with Crippen molar-refractivity contribution in [2.45, 2.75) is 18.1 Å². The maximum Gasteiger partial charge on any atom is 0.254 e. The molecular formula is C17H14N4O3S. The molecule has 0 atom stereocenters. The predicted molar refractivity (Wildman–Crippen MR) is 94.1 cm³/mol. The van der Waals surface area contributed by atoms with Crippen LogP contribution >= 0.6 is 11.8 Å². The van der Waals surface area contributed by atoms with E-state index in [4.69, 9.17) is 4.52 Å². The predicted octanol–water partition coefficient (Wildman–Crippen LogP) is 2.28. The maximum absolute atomic E-state index is 12.2.